The maximum Gasteiger partial charge on any atom is 0.602 e. The predicted octanol–water partition coefficient (Wildman–Crippen LogP) is 1.22. The van der Waals surface area contributed by atoms with E-state index in [-0.39, 0.29) is 30.0 Å². The first kappa shape index (κ1) is 20.7. The molecule has 1 N–H and O–H groups in total. The molecule has 0 saturated carbocycles. The SMILES string of the molecule is C=CC(=O)N[C@@H]1CCN(S(=O)(=O)c2cc[n+](C(=O)OCc3ccccc3)cc2)C1. The number of rotatable bonds is 6. The molecule has 1 fully saturated rings. The minimum Gasteiger partial charge on any atom is -0.407 e. The second kappa shape index (κ2) is 8.97. The van der Waals surface area contributed by atoms with E-state index in [1.807, 2.05) is 30.3 Å². The fraction of sp³-hybridized carbons (Fsp3) is 0.250. The number of hydrogen-bond acceptors (Lipinski definition) is 5. The van der Waals surface area contributed by atoms with Gasteiger partial charge in [-0.1, -0.05) is 41.5 Å². The van der Waals surface area contributed by atoms with Crippen LogP contribution >= 0.6 is 0 Å². The van der Waals surface area contributed by atoms with Gasteiger partial charge in [-0.15, -0.1) is 0 Å². The predicted molar refractivity (Wildman–Crippen MR) is 104 cm³/mol. The molecule has 1 atom stereocenters. The van der Waals surface area contributed by atoms with Gasteiger partial charge in [-0.25, -0.2) is 8.42 Å². The number of amides is 1. The van der Waals surface area contributed by atoms with Crippen molar-refractivity contribution in [3.8, 4) is 0 Å². The number of carbonyl (C=O) groups excluding carboxylic acids is 2. The molecule has 8 nitrogen and oxygen atoms in total. The number of sulfonamides is 1. The van der Waals surface area contributed by atoms with E-state index in [4.69, 9.17) is 4.74 Å². The summed E-state index contributed by atoms with van der Waals surface area (Å²) < 4.78 is 33.3. The van der Waals surface area contributed by atoms with Gasteiger partial charge < -0.3 is 10.1 Å². The number of aromatic nitrogens is 1. The van der Waals surface area contributed by atoms with Gasteiger partial charge >= 0.3 is 6.09 Å². The molecule has 0 unspecified atom stereocenters. The maximum atomic E-state index is 12.8. The van der Waals surface area contributed by atoms with E-state index in [1.165, 1.54) is 33.4 Å². The van der Waals surface area contributed by atoms with Gasteiger partial charge in [-0.3, -0.25) is 4.79 Å². The summed E-state index contributed by atoms with van der Waals surface area (Å²) in [6.07, 6.45) is 3.79. The second-order valence-corrected chi connectivity index (χ2v) is 8.48. The van der Waals surface area contributed by atoms with E-state index in [0.717, 1.165) is 11.6 Å². The van der Waals surface area contributed by atoms with Crippen molar-refractivity contribution in [1.29, 1.82) is 0 Å². The van der Waals surface area contributed by atoms with Gasteiger partial charge in [0.2, 0.25) is 15.9 Å². The van der Waals surface area contributed by atoms with Crippen LogP contribution in [0.1, 0.15) is 12.0 Å². The van der Waals surface area contributed by atoms with Crippen molar-refractivity contribution in [2.45, 2.75) is 24.0 Å². The van der Waals surface area contributed by atoms with Crippen molar-refractivity contribution in [2.75, 3.05) is 13.1 Å². The fourth-order valence-electron chi connectivity index (χ4n) is 2.97. The van der Waals surface area contributed by atoms with Crippen molar-refractivity contribution in [2.24, 2.45) is 0 Å². The molecule has 1 saturated heterocycles. The average Bonchev–Trinajstić information content (AvgIpc) is 3.22. The Balaban J connectivity index is 1.62. The quantitative estimate of drug-likeness (QED) is 0.564. The molecule has 152 valence electrons. The summed E-state index contributed by atoms with van der Waals surface area (Å²) in [4.78, 5) is 23.6. The number of ether oxygens (including phenoxy) is 1. The lowest BCUT2D eigenvalue weighted by atomic mass is 10.2. The van der Waals surface area contributed by atoms with E-state index in [9.17, 15) is 18.0 Å². The molecular weight excluding hydrogens is 394 g/mol. The third-order valence-corrected chi connectivity index (χ3v) is 6.41. The monoisotopic (exact) mass is 416 g/mol. The van der Waals surface area contributed by atoms with Crippen LogP contribution in [0.25, 0.3) is 0 Å². The fourth-order valence-corrected chi connectivity index (χ4v) is 4.46. The zero-order chi connectivity index (χ0) is 20.9. The molecular formula is C20H22N3O5S+. The Morgan fingerprint density at radius 1 is 1.21 bits per heavy atom. The molecule has 1 aliphatic heterocycles. The van der Waals surface area contributed by atoms with Gasteiger partial charge in [0, 0.05) is 31.3 Å². The third kappa shape index (κ3) is 5.07. The van der Waals surface area contributed by atoms with Crippen LogP contribution in [0.15, 0.2) is 72.4 Å². The standard InChI is InChI=1S/C20H21N3O5S/c1-2-19(24)21-17-8-13-23(14-17)29(26,27)18-9-11-22(12-10-18)20(25)28-15-16-6-4-3-5-7-16/h2-7,9-12,17H,1,8,13-15H2/p+1/t17-/m1/s1. The van der Waals surface area contributed by atoms with E-state index < -0.39 is 16.1 Å². The average molecular weight is 416 g/mol. The Kier molecular flexibility index (Phi) is 6.40. The van der Waals surface area contributed by atoms with Crippen LogP contribution in [0.4, 0.5) is 4.79 Å². The molecule has 1 amide bonds. The van der Waals surface area contributed by atoms with Gasteiger partial charge in [0.25, 0.3) is 0 Å². The Labute approximate surface area is 169 Å². The largest absolute Gasteiger partial charge is 0.602 e. The molecule has 3 rings (SSSR count). The summed E-state index contributed by atoms with van der Waals surface area (Å²) in [5.41, 5.74) is 0.854. The normalized spacial score (nSPS) is 16.9. The van der Waals surface area contributed by atoms with Crippen molar-refractivity contribution in [1.82, 2.24) is 9.62 Å². The van der Waals surface area contributed by atoms with Crippen molar-refractivity contribution >= 4 is 22.0 Å². The smallest absolute Gasteiger partial charge is 0.407 e. The first-order valence-corrected chi connectivity index (χ1v) is 10.5. The summed E-state index contributed by atoms with van der Waals surface area (Å²) in [7, 11) is -3.72. The van der Waals surface area contributed by atoms with Crippen LogP contribution < -0.4 is 9.88 Å². The molecule has 1 aliphatic rings. The lowest BCUT2D eigenvalue weighted by molar-refractivity contribution is -0.587. The van der Waals surface area contributed by atoms with E-state index in [1.54, 1.807) is 0 Å². The van der Waals surface area contributed by atoms with Gasteiger partial charge in [0.15, 0.2) is 12.4 Å². The van der Waals surface area contributed by atoms with Crippen LogP contribution in [0, 0.1) is 0 Å². The Morgan fingerprint density at radius 2 is 1.90 bits per heavy atom. The Morgan fingerprint density at radius 3 is 2.55 bits per heavy atom. The van der Waals surface area contributed by atoms with E-state index in [2.05, 4.69) is 11.9 Å². The number of pyridine rings is 1. The Hall–Kier alpha value is -3.04. The summed E-state index contributed by atoms with van der Waals surface area (Å²) in [6, 6.07) is 11.7. The first-order chi connectivity index (χ1) is 13.9. The van der Waals surface area contributed by atoms with Crippen molar-refractivity contribution < 1.29 is 27.3 Å². The highest BCUT2D eigenvalue weighted by molar-refractivity contribution is 7.89. The number of hydrogen-bond donors (Lipinski definition) is 1. The van der Waals surface area contributed by atoms with Crippen LogP contribution in [-0.2, 0) is 26.2 Å². The van der Waals surface area contributed by atoms with Crippen LogP contribution in [0.2, 0.25) is 0 Å². The molecule has 0 bridgehead atoms. The molecule has 29 heavy (non-hydrogen) atoms. The molecule has 0 radical (unpaired) electrons. The van der Waals surface area contributed by atoms with Crippen LogP contribution in [0.5, 0.6) is 0 Å². The minimum absolute atomic E-state index is 0.0697. The number of nitrogens with one attached hydrogen (secondary N) is 1. The summed E-state index contributed by atoms with van der Waals surface area (Å²) in [6.45, 7) is 4.00. The van der Waals surface area contributed by atoms with Crippen molar-refractivity contribution in [3.63, 3.8) is 0 Å². The summed E-state index contributed by atoms with van der Waals surface area (Å²) in [5, 5.41) is 2.71. The topological polar surface area (TPSA) is 96.7 Å². The highest BCUT2D eigenvalue weighted by Gasteiger charge is 2.33. The summed E-state index contributed by atoms with van der Waals surface area (Å²) in [5.74, 6) is -0.330. The molecule has 0 aliphatic carbocycles. The molecule has 1 aromatic heterocycles. The number of nitrogens with zero attached hydrogens (tertiary/aromatic N) is 2. The number of carbonyl (C=O) groups is 2. The molecule has 2 heterocycles. The highest BCUT2D eigenvalue weighted by Crippen LogP contribution is 2.20. The Bertz CT molecular complexity index is 991. The van der Waals surface area contributed by atoms with Gasteiger partial charge in [-0.2, -0.15) is 9.10 Å². The molecule has 2 aromatic rings. The lowest BCUT2D eigenvalue weighted by Crippen LogP contribution is -2.43. The maximum absolute atomic E-state index is 12.8. The summed E-state index contributed by atoms with van der Waals surface area (Å²) >= 11 is 0. The molecule has 1 aromatic carbocycles. The van der Waals surface area contributed by atoms with Gasteiger partial charge in [0.1, 0.15) is 6.61 Å². The van der Waals surface area contributed by atoms with Crippen LogP contribution in [-0.4, -0.2) is 43.9 Å². The molecule has 0 spiro atoms. The lowest BCUT2D eigenvalue weighted by Gasteiger charge is -2.16. The minimum atomic E-state index is -3.72. The van der Waals surface area contributed by atoms with Crippen molar-refractivity contribution in [3.05, 3.63) is 73.1 Å². The van der Waals surface area contributed by atoms with E-state index in [0.29, 0.717) is 13.0 Å². The first-order valence-electron chi connectivity index (χ1n) is 9.05. The van der Waals surface area contributed by atoms with E-state index >= 15 is 0 Å². The van der Waals surface area contributed by atoms with Crippen LogP contribution in [0.3, 0.4) is 0 Å². The third-order valence-electron chi connectivity index (χ3n) is 4.54. The molecule has 9 heteroatoms. The highest BCUT2D eigenvalue weighted by atomic mass is 32.2. The van der Waals surface area contributed by atoms with Gasteiger partial charge in [0.05, 0.1) is 4.90 Å². The zero-order valence-electron chi connectivity index (χ0n) is 15.7. The number of benzene rings is 1. The van der Waals surface area contributed by atoms with Gasteiger partial charge in [-0.05, 0) is 18.1 Å². The second-order valence-electron chi connectivity index (χ2n) is 6.54. The zero-order valence-corrected chi connectivity index (χ0v) is 16.5.